The van der Waals surface area contributed by atoms with Gasteiger partial charge in [-0.2, -0.15) is 13.2 Å². The van der Waals surface area contributed by atoms with E-state index in [-0.39, 0.29) is 19.1 Å². The van der Waals surface area contributed by atoms with Gasteiger partial charge in [0.15, 0.2) is 0 Å². The minimum atomic E-state index is -4.33. The van der Waals surface area contributed by atoms with Crippen LogP contribution in [0.4, 0.5) is 13.2 Å². The quantitative estimate of drug-likeness (QED) is 0.670. The van der Waals surface area contributed by atoms with Gasteiger partial charge in [-0.25, -0.2) is 0 Å². The molecule has 0 saturated heterocycles. The summed E-state index contributed by atoms with van der Waals surface area (Å²) in [6.07, 6.45) is -4.33. The molecule has 0 saturated carbocycles. The summed E-state index contributed by atoms with van der Waals surface area (Å²) in [5, 5.41) is 5.45. The molecular formula is C10H19F3N2O2. The molecule has 0 aromatic carbocycles. The predicted molar refractivity (Wildman–Crippen MR) is 57.6 cm³/mol. The Labute approximate surface area is 98.9 Å². The molecule has 0 aliphatic carbocycles. The van der Waals surface area contributed by atoms with E-state index in [4.69, 9.17) is 0 Å². The summed E-state index contributed by atoms with van der Waals surface area (Å²) in [7, 11) is 0. The van der Waals surface area contributed by atoms with Crippen molar-refractivity contribution < 1.29 is 22.7 Å². The topological polar surface area (TPSA) is 50.4 Å². The van der Waals surface area contributed by atoms with Gasteiger partial charge in [0.05, 0.1) is 12.1 Å². The number of ether oxygens (including phenoxy) is 1. The molecule has 0 radical (unpaired) electrons. The molecule has 0 aromatic heterocycles. The van der Waals surface area contributed by atoms with Crippen LogP contribution in [0.2, 0.25) is 0 Å². The summed E-state index contributed by atoms with van der Waals surface area (Å²) < 4.78 is 39.5. The van der Waals surface area contributed by atoms with Gasteiger partial charge in [-0.15, -0.1) is 0 Å². The Morgan fingerprint density at radius 2 is 1.88 bits per heavy atom. The van der Waals surface area contributed by atoms with E-state index in [1.807, 2.05) is 6.92 Å². The van der Waals surface area contributed by atoms with E-state index in [1.165, 1.54) is 0 Å². The lowest BCUT2D eigenvalue weighted by molar-refractivity contribution is -0.173. The van der Waals surface area contributed by atoms with Crippen molar-refractivity contribution in [3.63, 3.8) is 0 Å². The normalized spacial score (nSPS) is 12.6. The van der Waals surface area contributed by atoms with Gasteiger partial charge in [0, 0.05) is 6.54 Å². The number of halogens is 3. The Bertz CT molecular complexity index is 242. The molecule has 0 aliphatic rings. The van der Waals surface area contributed by atoms with Crippen LogP contribution < -0.4 is 10.6 Å². The third-order valence-corrected chi connectivity index (χ3v) is 1.98. The Hall–Kier alpha value is -0.820. The number of carbonyl (C=O) groups excluding carboxylic acids is 1. The van der Waals surface area contributed by atoms with Gasteiger partial charge in [0.25, 0.3) is 0 Å². The summed E-state index contributed by atoms with van der Waals surface area (Å²) in [5.74, 6) is -0.269. The molecule has 4 nitrogen and oxygen atoms in total. The zero-order valence-corrected chi connectivity index (χ0v) is 10.3. The Morgan fingerprint density at radius 3 is 2.35 bits per heavy atom. The van der Waals surface area contributed by atoms with Crippen molar-refractivity contribution in [2.75, 3.05) is 26.3 Å². The fourth-order valence-electron chi connectivity index (χ4n) is 1.17. The van der Waals surface area contributed by atoms with Gasteiger partial charge >= 0.3 is 6.18 Å². The molecule has 0 unspecified atom stereocenters. The molecule has 17 heavy (non-hydrogen) atoms. The van der Waals surface area contributed by atoms with Crippen molar-refractivity contribution >= 4 is 5.91 Å². The van der Waals surface area contributed by atoms with E-state index < -0.39 is 18.3 Å². The summed E-state index contributed by atoms with van der Waals surface area (Å²) in [5.41, 5.74) is -0.737. The summed E-state index contributed by atoms with van der Waals surface area (Å²) in [6.45, 7) is 4.49. The highest BCUT2D eigenvalue weighted by atomic mass is 19.4. The van der Waals surface area contributed by atoms with Gasteiger partial charge in [0.1, 0.15) is 6.61 Å². The van der Waals surface area contributed by atoms with Crippen LogP contribution >= 0.6 is 0 Å². The number of carbonyl (C=O) groups is 1. The first kappa shape index (κ1) is 16.2. The second-order valence-electron chi connectivity index (χ2n) is 4.08. The molecule has 2 N–H and O–H groups in total. The minimum Gasteiger partial charge on any atom is -0.370 e. The SMILES string of the molecule is CCNC(C)(C)C(=O)NCCOCC(F)(F)F. The minimum absolute atomic E-state index is 0.0593. The molecule has 0 aliphatic heterocycles. The van der Waals surface area contributed by atoms with Crippen LogP contribution in [0.15, 0.2) is 0 Å². The molecule has 0 spiro atoms. The first-order valence-electron chi connectivity index (χ1n) is 5.37. The second-order valence-corrected chi connectivity index (χ2v) is 4.08. The van der Waals surface area contributed by atoms with Crippen molar-refractivity contribution in [3.05, 3.63) is 0 Å². The molecule has 0 fully saturated rings. The van der Waals surface area contributed by atoms with Crippen molar-refractivity contribution in [2.24, 2.45) is 0 Å². The first-order chi connectivity index (χ1) is 7.69. The molecule has 102 valence electrons. The maximum atomic E-state index is 11.7. The number of nitrogens with one attached hydrogen (secondary N) is 2. The highest BCUT2D eigenvalue weighted by molar-refractivity contribution is 5.85. The van der Waals surface area contributed by atoms with E-state index in [0.29, 0.717) is 6.54 Å². The maximum Gasteiger partial charge on any atom is 0.411 e. The van der Waals surface area contributed by atoms with E-state index >= 15 is 0 Å². The van der Waals surface area contributed by atoms with Crippen LogP contribution in [0.1, 0.15) is 20.8 Å². The standard InChI is InChI=1S/C10H19F3N2O2/c1-4-15-9(2,3)8(16)14-5-6-17-7-10(11,12)13/h15H,4-7H2,1-3H3,(H,14,16). The largest absolute Gasteiger partial charge is 0.411 e. The third-order valence-electron chi connectivity index (χ3n) is 1.98. The smallest absolute Gasteiger partial charge is 0.370 e. The molecule has 0 heterocycles. The summed E-state index contributed by atoms with van der Waals surface area (Å²) in [6, 6.07) is 0. The Kier molecular flexibility index (Phi) is 6.48. The maximum absolute atomic E-state index is 11.7. The number of hydrogen-bond donors (Lipinski definition) is 2. The average Bonchev–Trinajstić information content (AvgIpc) is 2.15. The number of likely N-dealkylation sites (N-methyl/N-ethyl adjacent to an activating group) is 1. The number of alkyl halides is 3. The lowest BCUT2D eigenvalue weighted by Gasteiger charge is -2.24. The highest BCUT2D eigenvalue weighted by Gasteiger charge is 2.28. The number of amides is 1. The Morgan fingerprint density at radius 1 is 1.29 bits per heavy atom. The van der Waals surface area contributed by atoms with Gasteiger partial charge in [-0.05, 0) is 20.4 Å². The van der Waals surface area contributed by atoms with E-state index in [1.54, 1.807) is 13.8 Å². The van der Waals surface area contributed by atoms with Crippen LogP contribution in [0, 0.1) is 0 Å². The second kappa shape index (κ2) is 6.80. The molecule has 0 rings (SSSR count). The molecule has 0 atom stereocenters. The van der Waals surface area contributed by atoms with E-state index in [9.17, 15) is 18.0 Å². The molecule has 0 bridgehead atoms. The third kappa shape index (κ3) is 7.98. The zero-order chi connectivity index (χ0) is 13.5. The van der Waals surface area contributed by atoms with Crippen LogP contribution in [-0.2, 0) is 9.53 Å². The molecule has 1 amide bonds. The fourth-order valence-corrected chi connectivity index (χ4v) is 1.17. The monoisotopic (exact) mass is 256 g/mol. The van der Waals surface area contributed by atoms with Gasteiger partial charge in [-0.3, -0.25) is 4.79 Å². The number of rotatable bonds is 7. The molecule has 0 aromatic rings. The lowest BCUT2D eigenvalue weighted by atomic mass is 10.1. The van der Waals surface area contributed by atoms with Gasteiger partial charge in [-0.1, -0.05) is 6.92 Å². The average molecular weight is 256 g/mol. The van der Waals surface area contributed by atoms with E-state index in [0.717, 1.165) is 0 Å². The van der Waals surface area contributed by atoms with E-state index in [2.05, 4.69) is 15.4 Å². The highest BCUT2D eigenvalue weighted by Crippen LogP contribution is 2.13. The van der Waals surface area contributed by atoms with Crippen LogP contribution in [0.25, 0.3) is 0 Å². The molecule has 7 heteroatoms. The van der Waals surface area contributed by atoms with Gasteiger partial charge in [0.2, 0.25) is 5.91 Å². The van der Waals surface area contributed by atoms with Crippen molar-refractivity contribution in [2.45, 2.75) is 32.5 Å². The number of hydrogen-bond acceptors (Lipinski definition) is 3. The van der Waals surface area contributed by atoms with Crippen molar-refractivity contribution in [1.29, 1.82) is 0 Å². The predicted octanol–water partition coefficient (Wildman–Crippen LogP) is 1.07. The van der Waals surface area contributed by atoms with Gasteiger partial charge < -0.3 is 15.4 Å². The summed E-state index contributed by atoms with van der Waals surface area (Å²) >= 11 is 0. The van der Waals surface area contributed by atoms with Crippen LogP contribution in [0.5, 0.6) is 0 Å². The van der Waals surface area contributed by atoms with Crippen molar-refractivity contribution in [1.82, 2.24) is 10.6 Å². The van der Waals surface area contributed by atoms with Crippen LogP contribution in [-0.4, -0.2) is 43.9 Å². The van der Waals surface area contributed by atoms with Crippen LogP contribution in [0.3, 0.4) is 0 Å². The zero-order valence-electron chi connectivity index (χ0n) is 10.3. The van der Waals surface area contributed by atoms with Crippen molar-refractivity contribution in [3.8, 4) is 0 Å². The summed E-state index contributed by atoms with van der Waals surface area (Å²) in [4.78, 5) is 11.6. The first-order valence-corrected chi connectivity index (χ1v) is 5.37. The molecular weight excluding hydrogens is 237 g/mol. The fraction of sp³-hybridized carbons (Fsp3) is 0.900. The lowest BCUT2D eigenvalue weighted by Crippen LogP contribution is -2.53. The Balaban J connectivity index is 3.72.